The monoisotopic (exact) mass is 334 g/mol. The molecule has 0 aliphatic carbocycles. The van der Waals surface area contributed by atoms with Crippen molar-refractivity contribution in [2.45, 2.75) is 51.7 Å². The highest BCUT2D eigenvalue weighted by Gasteiger charge is 2.27. The smallest absolute Gasteiger partial charge is 0.134 e. The summed E-state index contributed by atoms with van der Waals surface area (Å²) in [5, 5.41) is 3.60. The molecule has 2 aliphatic heterocycles. The number of morpholine rings is 1. The molecule has 3 rings (SSSR count). The number of aromatic nitrogens is 2. The van der Waals surface area contributed by atoms with Crippen molar-refractivity contribution in [1.29, 1.82) is 0 Å². The third-order valence-corrected chi connectivity index (χ3v) is 5.23. The highest BCUT2D eigenvalue weighted by molar-refractivity contribution is 5.49. The third kappa shape index (κ3) is 4.36. The number of rotatable bonds is 6. The lowest BCUT2D eigenvalue weighted by Crippen LogP contribution is -2.38. The summed E-state index contributed by atoms with van der Waals surface area (Å²) in [4.78, 5) is 11.1. The van der Waals surface area contributed by atoms with E-state index in [1.807, 2.05) is 0 Å². The first-order valence-electron chi connectivity index (χ1n) is 9.33. The molecule has 0 radical (unpaired) electrons. The second-order valence-corrected chi connectivity index (χ2v) is 6.71. The molecule has 2 atom stereocenters. The Morgan fingerprint density at radius 1 is 1.21 bits per heavy atom. The van der Waals surface area contributed by atoms with Crippen molar-refractivity contribution in [3.63, 3.8) is 0 Å². The average Bonchev–Trinajstić information content (AvgIpc) is 2.64. The van der Waals surface area contributed by atoms with Gasteiger partial charge in [-0.25, -0.2) is 9.97 Å². The van der Waals surface area contributed by atoms with E-state index in [-0.39, 0.29) is 0 Å². The molecule has 2 aliphatic rings. The molecule has 0 saturated carbocycles. The van der Waals surface area contributed by atoms with E-state index in [0.29, 0.717) is 18.1 Å². The molecular formula is C18H30N4O2. The highest BCUT2D eigenvalue weighted by atomic mass is 16.5. The summed E-state index contributed by atoms with van der Waals surface area (Å²) in [7, 11) is 0. The molecule has 6 nitrogen and oxygen atoms in total. The van der Waals surface area contributed by atoms with Crippen molar-refractivity contribution in [3.8, 4) is 0 Å². The normalized spacial score (nSPS) is 25.0. The van der Waals surface area contributed by atoms with Crippen molar-refractivity contribution in [3.05, 3.63) is 12.4 Å². The minimum absolute atomic E-state index is 0.367. The van der Waals surface area contributed by atoms with Crippen LogP contribution in [0.15, 0.2) is 12.4 Å². The molecule has 1 aromatic rings. The number of nitrogens with one attached hydrogen (secondary N) is 1. The molecule has 0 amide bonds. The predicted octanol–water partition coefficient (Wildman–Crippen LogP) is 2.71. The van der Waals surface area contributed by atoms with Gasteiger partial charge in [-0.05, 0) is 18.8 Å². The Balaban J connectivity index is 1.60. The highest BCUT2D eigenvalue weighted by Crippen LogP contribution is 2.27. The van der Waals surface area contributed by atoms with E-state index in [2.05, 4.69) is 40.1 Å². The van der Waals surface area contributed by atoms with Crippen molar-refractivity contribution in [2.75, 3.05) is 43.1 Å². The van der Waals surface area contributed by atoms with Crippen LogP contribution in [0, 0.1) is 5.92 Å². The van der Waals surface area contributed by atoms with Crippen molar-refractivity contribution in [2.24, 2.45) is 5.92 Å². The van der Waals surface area contributed by atoms with Gasteiger partial charge in [-0.1, -0.05) is 26.7 Å². The zero-order valence-corrected chi connectivity index (χ0v) is 14.9. The van der Waals surface area contributed by atoms with Gasteiger partial charge in [0.25, 0.3) is 0 Å². The lowest BCUT2D eigenvalue weighted by molar-refractivity contribution is -0.0271. The van der Waals surface area contributed by atoms with Crippen molar-refractivity contribution < 1.29 is 9.47 Å². The maximum absolute atomic E-state index is 6.01. The summed E-state index contributed by atoms with van der Waals surface area (Å²) in [6, 6.07) is 2.49. The van der Waals surface area contributed by atoms with Gasteiger partial charge >= 0.3 is 0 Å². The van der Waals surface area contributed by atoms with Crippen molar-refractivity contribution >= 4 is 11.6 Å². The second-order valence-electron chi connectivity index (χ2n) is 6.71. The summed E-state index contributed by atoms with van der Waals surface area (Å²) in [5.41, 5.74) is 0. The van der Waals surface area contributed by atoms with E-state index >= 15 is 0 Å². The van der Waals surface area contributed by atoms with Gasteiger partial charge < -0.3 is 19.7 Å². The summed E-state index contributed by atoms with van der Waals surface area (Å²) < 4.78 is 11.4. The molecule has 24 heavy (non-hydrogen) atoms. The van der Waals surface area contributed by atoms with Crippen LogP contribution in [0.1, 0.15) is 39.5 Å². The van der Waals surface area contributed by atoms with Gasteiger partial charge in [-0.3, -0.25) is 0 Å². The van der Waals surface area contributed by atoms with Crippen LogP contribution in [-0.4, -0.2) is 55.0 Å². The van der Waals surface area contributed by atoms with Crippen LogP contribution < -0.4 is 10.2 Å². The minimum Gasteiger partial charge on any atom is -0.378 e. The van der Waals surface area contributed by atoms with E-state index < -0.39 is 0 Å². The summed E-state index contributed by atoms with van der Waals surface area (Å²) >= 11 is 0. The van der Waals surface area contributed by atoms with Crippen LogP contribution in [0.4, 0.5) is 11.6 Å². The molecule has 3 heterocycles. The number of nitrogens with zero attached hydrogens (tertiary/aromatic N) is 3. The molecule has 2 saturated heterocycles. The van der Waals surface area contributed by atoms with Gasteiger partial charge in [0.05, 0.1) is 19.3 Å². The standard InChI is InChI=1S/C18H30N4O2/c1-3-14(4-2)16-11-15(5-8-24-16)21-17-12-18(20-13-19-17)22-6-9-23-10-7-22/h12-16H,3-11H2,1-2H3,(H,19,20,21)/t15-,16+/m1/s1. The fourth-order valence-electron chi connectivity index (χ4n) is 3.70. The lowest BCUT2D eigenvalue weighted by Gasteiger charge is -2.34. The summed E-state index contributed by atoms with van der Waals surface area (Å²) in [6.07, 6.45) is 6.49. The van der Waals surface area contributed by atoms with Crippen LogP contribution >= 0.6 is 0 Å². The minimum atomic E-state index is 0.367. The van der Waals surface area contributed by atoms with Crippen LogP contribution in [-0.2, 0) is 9.47 Å². The van der Waals surface area contributed by atoms with Crippen LogP contribution in [0.3, 0.4) is 0 Å². The zero-order chi connectivity index (χ0) is 16.8. The largest absolute Gasteiger partial charge is 0.378 e. The fraction of sp³-hybridized carbons (Fsp3) is 0.778. The predicted molar refractivity (Wildman–Crippen MR) is 95.5 cm³/mol. The van der Waals surface area contributed by atoms with E-state index in [0.717, 1.165) is 57.4 Å². The fourth-order valence-corrected chi connectivity index (χ4v) is 3.70. The SMILES string of the molecule is CCC(CC)[C@@H]1C[C@H](Nc2cc(N3CCOCC3)ncn2)CCO1. The molecule has 0 unspecified atom stereocenters. The molecule has 0 aromatic carbocycles. The van der Waals surface area contributed by atoms with E-state index in [4.69, 9.17) is 9.47 Å². The first kappa shape index (κ1) is 17.4. The van der Waals surface area contributed by atoms with Gasteiger partial charge in [-0.15, -0.1) is 0 Å². The molecule has 6 heteroatoms. The molecule has 0 spiro atoms. The van der Waals surface area contributed by atoms with E-state index in [1.54, 1.807) is 6.33 Å². The molecule has 2 fully saturated rings. The Morgan fingerprint density at radius 3 is 2.75 bits per heavy atom. The van der Waals surface area contributed by atoms with E-state index in [9.17, 15) is 0 Å². The Hall–Kier alpha value is -1.40. The first-order valence-corrected chi connectivity index (χ1v) is 9.33. The molecular weight excluding hydrogens is 304 g/mol. The molecule has 1 N–H and O–H groups in total. The topological polar surface area (TPSA) is 59.5 Å². The Labute approximate surface area is 145 Å². The molecule has 134 valence electrons. The zero-order valence-electron chi connectivity index (χ0n) is 14.9. The number of hydrogen-bond acceptors (Lipinski definition) is 6. The third-order valence-electron chi connectivity index (χ3n) is 5.23. The number of hydrogen-bond donors (Lipinski definition) is 1. The van der Waals surface area contributed by atoms with Gasteiger partial charge in [0.15, 0.2) is 0 Å². The quantitative estimate of drug-likeness (QED) is 0.863. The first-order chi connectivity index (χ1) is 11.8. The Bertz CT molecular complexity index is 504. The Morgan fingerprint density at radius 2 is 2.00 bits per heavy atom. The molecule has 0 bridgehead atoms. The number of ether oxygens (including phenoxy) is 2. The average molecular weight is 334 g/mol. The second kappa shape index (κ2) is 8.62. The van der Waals surface area contributed by atoms with Crippen molar-refractivity contribution in [1.82, 2.24) is 9.97 Å². The van der Waals surface area contributed by atoms with Gasteiger partial charge in [0, 0.05) is 31.8 Å². The lowest BCUT2D eigenvalue weighted by atomic mass is 9.89. The summed E-state index contributed by atoms with van der Waals surface area (Å²) in [6.45, 7) is 8.67. The van der Waals surface area contributed by atoms with Gasteiger partial charge in [0.1, 0.15) is 18.0 Å². The summed E-state index contributed by atoms with van der Waals surface area (Å²) in [5.74, 6) is 2.56. The van der Waals surface area contributed by atoms with Gasteiger partial charge in [0.2, 0.25) is 0 Å². The maximum atomic E-state index is 6.01. The number of anilines is 2. The molecule has 1 aromatic heterocycles. The van der Waals surface area contributed by atoms with E-state index in [1.165, 1.54) is 12.8 Å². The Kier molecular flexibility index (Phi) is 6.26. The van der Waals surface area contributed by atoms with Crippen LogP contribution in [0.25, 0.3) is 0 Å². The maximum Gasteiger partial charge on any atom is 0.134 e. The van der Waals surface area contributed by atoms with Gasteiger partial charge in [-0.2, -0.15) is 0 Å². The van der Waals surface area contributed by atoms with Crippen LogP contribution in [0.5, 0.6) is 0 Å². The van der Waals surface area contributed by atoms with Crippen LogP contribution in [0.2, 0.25) is 0 Å².